The molecule has 1 aliphatic rings. The van der Waals surface area contributed by atoms with Gasteiger partial charge in [-0.25, -0.2) is 4.98 Å². The van der Waals surface area contributed by atoms with Crippen LogP contribution in [0.2, 0.25) is 0 Å². The van der Waals surface area contributed by atoms with Crippen LogP contribution in [0.15, 0.2) is 18.2 Å². The normalized spacial score (nSPS) is 29.0. The summed E-state index contributed by atoms with van der Waals surface area (Å²) in [6.07, 6.45) is 2.51. The van der Waals surface area contributed by atoms with Crippen molar-refractivity contribution in [3.63, 3.8) is 0 Å². The molecule has 3 nitrogen and oxygen atoms in total. The zero-order chi connectivity index (χ0) is 12.3. The van der Waals surface area contributed by atoms with Crippen molar-refractivity contribution in [2.24, 2.45) is 0 Å². The summed E-state index contributed by atoms with van der Waals surface area (Å²) in [5, 5.41) is 0. The lowest BCUT2D eigenvalue weighted by atomic mass is 10.0. The van der Waals surface area contributed by atoms with E-state index in [9.17, 15) is 0 Å². The van der Waals surface area contributed by atoms with E-state index in [0.717, 1.165) is 18.5 Å². The van der Waals surface area contributed by atoms with Gasteiger partial charge in [0.25, 0.3) is 0 Å². The third-order valence-electron chi connectivity index (χ3n) is 2.86. The van der Waals surface area contributed by atoms with Gasteiger partial charge in [-0.05, 0) is 19.9 Å². The second-order valence-electron chi connectivity index (χ2n) is 4.57. The van der Waals surface area contributed by atoms with E-state index in [-0.39, 0.29) is 18.3 Å². The molecule has 0 bridgehead atoms. The molecule has 2 rings (SSSR count). The van der Waals surface area contributed by atoms with Gasteiger partial charge in [0.1, 0.15) is 6.10 Å². The molecular formula is C13H18ClNO2. The Morgan fingerprint density at radius 2 is 2.06 bits per heavy atom. The van der Waals surface area contributed by atoms with Crippen LogP contribution in [0.5, 0.6) is 5.88 Å². The highest BCUT2D eigenvalue weighted by molar-refractivity contribution is 6.16. The third-order valence-corrected chi connectivity index (χ3v) is 3.13. The topological polar surface area (TPSA) is 31.4 Å². The number of pyridine rings is 1. The number of hydrogen-bond donors (Lipinski definition) is 0. The minimum absolute atomic E-state index is 0.187. The average Bonchev–Trinajstić information content (AvgIpc) is 2.28. The summed E-state index contributed by atoms with van der Waals surface area (Å²) in [5.41, 5.74) is 0.845. The number of ether oxygens (including phenoxy) is 2. The Morgan fingerprint density at radius 3 is 2.71 bits per heavy atom. The van der Waals surface area contributed by atoms with Crippen LogP contribution >= 0.6 is 11.6 Å². The maximum Gasteiger partial charge on any atom is 0.213 e. The second-order valence-corrected chi connectivity index (χ2v) is 4.84. The van der Waals surface area contributed by atoms with Crippen LogP contribution in [0.3, 0.4) is 0 Å². The van der Waals surface area contributed by atoms with Gasteiger partial charge in [-0.1, -0.05) is 6.07 Å². The molecule has 1 fully saturated rings. The Hall–Kier alpha value is -0.800. The van der Waals surface area contributed by atoms with Crippen LogP contribution in [0.1, 0.15) is 32.4 Å². The maximum absolute atomic E-state index is 5.89. The van der Waals surface area contributed by atoms with Gasteiger partial charge in [-0.2, -0.15) is 0 Å². The predicted molar refractivity (Wildman–Crippen MR) is 67.5 cm³/mol. The highest BCUT2D eigenvalue weighted by Crippen LogP contribution is 2.23. The standard InChI is InChI=1S/C13H18ClNO2/c1-9-6-12(7-10(2)16-9)17-13-5-3-4-11(8-14)15-13/h3-5,9-10,12H,6-8H2,1-2H3. The van der Waals surface area contributed by atoms with Crippen LogP contribution < -0.4 is 4.74 Å². The lowest BCUT2D eigenvalue weighted by Crippen LogP contribution is -2.35. The third kappa shape index (κ3) is 3.58. The first kappa shape index (κ1) is 12.7. The van der Waals surface area contributed by atoms with Crippen LogP contribution in [-0.4, -0.2) is 23.3 Å². The van der Waals surface area contributed by atoms with Gasteiger partial charge in [0.05, 0.1) is 23.8 Å². The number of aromatic nitrogens is 1. The van der Waals surface area contributed by atoms with Gasteiger partial charge < -0.3 is 9.47 Å². The lowest BCUT2D eigenvalue weighted by Gasteiger charge is -2.31. The van der Waals surface area contributed by atoms with E-state index < -0.39 is 0 Å². The first-order chi connectivity index (χ1) is 8.17. The molecule has 0 N–H and O–H groups in total. The SMILES string of the molecule is CC1CC(Oc2cccc(CCl)n2)CC(C)O1. The fraction of sp³-hybridized carbons (Fsp3) is 0.615. The van der Waals surface area contributed by atoms with E-state index in [0.29, 0.717) is 11.8 Å². The maximum atomic E-state index is 5.89. The van der Waals surface area contributed by atoms with Crippen molar-refractivity contribution in [3.8, 4) is 5.88 Å². The summed E-state index contributed by atoms with van der Waals surface area (Å²) < 4.78 is 11.6. The number of alkyl halides is 1. The highest BCUT2D eigenvalue weighted by Gasteiger charge is 2.26. The molecule has 1 aliphatic heterocycles. The van der Waals surface area contributed by atoms with Crippen molar-refractivity contribution >= 4 is 11.6 Å². The Bertz CT molecular complexity index is 362. The molecule has 2 heterocycles. The Balaban J connectivity index is 1.99. The summed E-state index contributed by atoms with van der Waals surface area (Å²) in [6, 6.07) is 5.70. The molecule has 94 valence electrons. The van der Waals surface area contributed by atoms with Gasteiger partial charge in [-0.3, -0.25) is 0 Å². The Morgan fingerprint density at radius 1 is 1.35 bits per heavy atom. The van der Waals surface area contributed by atoms with E-state index in [1.54, 1.807) is 0 Å². The van der Waals surface area contributed by atoms with Crippen LogP contribution in [0, 0.1) is 0 Å². The highest BCUT2D eigenvalue weighted by atomic mass is 35.5. The second kappa shape index (κ2) is 5.69. The van der Waals surface area contributed by atoms with E-state index in [1.807, 2.05) is 18.2 Å². The van der Waals surface area contributed by atoms with Crippen molar-refractivity contribution in [2.75, 3.05) is 0 Å². The smallest absolute Gasteiger partial charge is 0.213 e. The molecule has 0 saturated carbocycles. The van der Waals surface area contributed by atoms with Gasteiger partial charge in [0, 0.05) is 18.9 Å². The zero-order valence-corrected chi connectivity index (χ0v) is 11.0. The van der Waals surface area contributed by atoms with Gasteiger partial charge in [-0.15, -0.1) is 11.6 Å². The molecule has 2 unspecified atom stereocenters. The number of rotatable bonds is 3. The zero-order valence-electron chi connectivity index (χ0n) is 10.2. The van der Waals surface area contributed by atoms with E-state index >= 15 is 0 Å². The predicted octanol–water partition coefficient (Wildman–Crippen LogP) is 3.16. The summed E-state index contributed by atoms with van der Waals surface area (Å²) in [5.74, 6) is 1.08. The molecule has 0 spiro atoms. The molecule has 1 saturated heterocycles. The molecule has 1 aromatic rings. The molecule has 2 atom stereocenters. The minimum atomic E-state index is 0.187. The van der Waals surface area contributed by atoms with E-state index in [1.165, 1.54) is 0 Å². The molecular weight excluding hydrogens is 238 g/mol. The van der Waals surface area contributed by atoms with Crippen molar-refractivity contribution in [1.82, 2.24) is 4.98 Å². The molecule has 17 heavy (non-hydrogen) atoms. The quantitative estimate of drug-likeness (QED) is 0.778. The summed E-state index contributed by atoms with van der Waals surface area (Å²) in [6.45, 7) is 4.16. The fourth-order valence-corrected chi connectivity index (χ4v) is 2.36. The minimum Gasteiger partial charge on any atom is -0.474 e. The summed E-state index contributed by atoms with van der Waals surface area (Å²) in [7, 11) is 0. The monoisotopic (exact) mass is 255 g/mol. The van der Waals surface area contributed by atoms with E-state index in [2.05, 4.69) is 18.8 Å². The van der Waals surface area contributed by atoms with Crippen molar-refractivity contribution in [3.05, 3.63) is 23.9 Å². The largest absolute Gasteiger partial charge is 0.474 e. The number of hydrogen-bond acceptors (Lipinski definition) is 3. The van der Waals surface area contributed by atoms with Crippen molar-refractivity contribution < 1.29 is 9.47 Å². The molecule has 0 radical (unpaired) electrons. The van der Waals surface area contributed by atoms with Crippen LogP contribution in [-0.2, 0) is 10.6 Å². The number of nitrogens with zero attached hydrogens (tertiary/aromatic N) is 1. The molecule has 0 amide bonds. The first-order valence-electron chi connectivity index (χ1n) is 6.01. The summed E-state index contributed by atoms with van der Waals surface area (Å²) in [4.78, 5) is 4.34. The summed E-state index contributed by atoms with van der Waals surface area (Å²) >= 11 is 5.75. The van der Waals surface area contributed by atoms with Gasteiger partial charge in [0.15, 0.2) is 0 Å². The van der Waals surface area contributed by atoms with Gasteiger partial charge in [0.2, 0.25) is 5.88 Å². The van der Waals surface area contributed by atoms with Crippen molar-refractivity contribution in [1.29, 1.82) is 0 Å². The van der Waals surface area contributed by atoms with Crippen LogP contribution in [0.25, 0.3) is 0 Å². The molecule has 0 aromatic carbocycles. The van der Waals surface area contributed by atoms with Crippen molar-refractivity contribution in [2.45, 2.75) is 50.9 Å². The molecule has 1 aromatic heterocycles. The Kier molecular flexibility index (Phi) is 4.24. The Labute approximate surface area is 107 Å². The van der Waals surface area contributed by atoms with Crippen LogP contribution in [0.4, 0.5) is 0 Å². The molecule has 4 heteroatoms. The van der Waals surface area contributed by atoms with Gasteiger partial charge >= 0.3 is 0 Å². The first-order valence-corrected chi connectivity index (χ1v) is 6.55. The lowest BCUT2D eigenvalue weighted by molar-refractivity contribution is -0.0729. The fourth-order valence-electron chi connectivity index (χ4n) is 2.21. The van der Waals surface area contributed by atoms with E-state index in [4.69, 9.17) is 21.1 Å². The number of halogens is 1. The molecule has 0 aliphatic carbocycles. The average molecular weight is 256 g/mol.